The highest BCUT2D eigenvalue weighted by Crippen LogP contribution is 2.42. The number of ether oxygens (including phenoxy) is 5. The van der Waals surface area contributed by atoms with E-state index in [1.807, 2.05) is 0 Å². The van der Waals surface area contributed by atoms with Crippen LogP contribution in [0.3, 0.4) is 0 Å². The van der Waals surface area contributed by atoms with Crippen LogP contribution in [0.5, 0.6) is 17.2 Å². The summed E-state index contributed by atoms with van der Waals surface area (Å²) in [5.74, 6) is 1.53. The molecule has 0 radical (unpaired) electrons. The van der Waals surface area contributed by atoms with Crippen molar-refractivity contribution in [1.29, 1.82) is 0 Å². The first-order valence-electron chi connectivity index (χ1n) is 7.41. The number of aliphatic hydroxyl groups excluding tert-OH is 1. The highest BCUT2D eigenvalue weighted by molar-refractivity contribution is 5.56. The van der Waals surface area contributed by atoms with E-state index in [1.54, 1.807) is 33.5 Å². The second-order valence-electron chi connectivity index (χ2n) is 5.04. The van der Waals surface area contributed by atoms with Crippen LogP contribution in [-0.4, -0.2) is 45.9 Å². The van der Waals surface area contributed by atoms with Gasteiger partial charge in [0.1, 0.15) is 0 Å². The maximum atomic E-state index is 10.5. The first-order valence-corrected chi connectivity index (χ1v) is 7.41. The van der Waals surface area contributed by atoms with Crippen molar-refractivity contribution in [1.82, 2.24) is 0 Å². The SMILES string of the molecule is COc1ccc([C@H](O)CCC2OCCCO2)c(OC)c1OC. The molecule has 0 saturated carbocycles. The first-order chi connectivity index (χ1) is 10.7. The Kier molecular flexibility index (Phi) is 6.30. The second-order valence-corrected chi connectivity index (χ2v) is 5.04. The smallest absolute Gasteiger partial charge is 0.203 e. The van der Waals surface area contributed by atoms with Crippen LogP contribution in [0.15, 0.2) is 12.1 Å². The van der Waals surface area contributed by atoms with Gasteiger partial charge in [-0.25, -0.2) is 0 Å². The molecule has 0 unspecified atom stereocenters. The van der Waals surface area contributed by atoms with Gasteiger partial charge in [0.2, 0.25) is 5.75 Å². The monoisotopic (exact) mass is 312 g/mol. The van der Waals surface area contributed by atoms with Gasteiger partial charge in [0.05, 0.1) is 40.6 Å². The van der Waals surface area contributed by atoms with Gasteiger partial charge in [-0.3, -0.25) is 0 Å². The van der Waals surface area contributed by atoms with Crippen molar-refractivity contribution in [3.8, 4) is 17.2 Å². The zero-order chi connectivity index (χ0) is 15.9. The van der Waals surface area contributed by atoms with Crippen LogP contribution in [0.1, 0.15) is 30.9 Å². The van der Waals surface area contributed by atoms with E-state index in [-0.39, 0.29) is 6.29 Å². The molecule has 1 aliphatic heterocycles. The summed E-state index contributed by atoms with van der Waals surface area (Å²) in [5, 5.41) is 10.5. The standard InChI is InChI=1S/C16H24O6/c1-18-13-7-5-11(15(19-2)16(13)20-3)12(17)6-8-14-21-9-4-10-22-14/h5,7,12,14,17H,4,6,8-10H2,1-3H3/t12-/m1/s1. The molecule has 0 aliphatic carbocycles. The predicted octanol–water partition coefficient (Wildman–Crippen LogP) is 2.29. The molecule has 1 heterocycles. The van der Waals surface area contributed by atoms with Crippen molar-refractivity contribution in [2.24, 2.45) is 0 Å². The molecule has 6 nitrogen and oxygen atoms in total. The Morgan fingerprint density at radius 3 is 2.36 bits per heavy atom. The fourth-order valence-corrected chi connectivity index (χ4v) is 2.54. The second kappa shape index (κ2) is 8.22. The molecule has 124 valence electrons. The average molecular weight is 312 g/mol. The van der Waals surface area contributed by atoms with Gasteiger partial charge in [-0.15, -0.1) is 0 Å². The zero-order valence-electron chi connectivity index (χ0n) is 13.3. The normalized spacial score (nSPS) is 17.1. The molecule has 1 fully saturated rings. The fourth-order valence-electron chi connectivity index (χ4n) is 2.54. The minimum Gasteiger partial charge on any atom is -0.493 e. The molecule has 0 bridgehead atoms. The molecule has 1 aliphatic rings. The molecule has 0 spiro atoms. The van der Waals surface area contributed by atoms with Crippen molar-refractivity contribution in [3.63, 3.8) is 0 Å². The lowest BCUT2D eigenvalue weighted by Gasteiger charge is -2.24. The minimum absolute atomic E-state index is 0.241. The average Bonchev–Trinajstić information content (AvgIpc) is 2.58. The van der Waals surface area contributed by atoms with E-state index >= 15 is 0 Å². The fraction of sp³-hybridized carbons (Fsp3) is 0.625. The Hall–Kier alpha value is -1.50. The Morgan fingerprint density at radius 2 is 1.77 bits per heavy atom. The molecule has 1 aromatic rings. The van der Waals surface area contributed by atoms with Crippen LogP contribution in [0.4, 0.5) is 0 Å². The molecule has 0 amide bonds. The van der Waals surface area contributed by atoms with E-state index in [0.29, 0.717) is 48.9 Å². The van der Waals surface area contributed by atoms with Crippen molar-refractivity contribution < 1.29 is 28.8 Å². The maximum Gasteiger partial charge on any atom is 0.203 e. The largest absolute Gasteiger partial charge is 0.493 e. The van der Waals surface area contributed by atoms with E-state index < -0.39 is 6.10 Å². The Labute approximate surface area is 130 Å². The molecular weight excluding hydrogens is 288 g/mol. The van der Waals surface area contributed by atoms with Gasteiger partial charge < -0.3 is 28.8 Å². The van der Waals surface area contributed by atoms with Crippen LogP contribution < -0.4 is 14.2 Å². The summed E-state index contributed by atoms with van der Waals surface area (Å²) in [7, 11) is 4.65. The minimum atomic E-state index is -0.691. The molecule has 6 heteroatoms. The lowest BCUT2D eigenvalue weighted by atomic mass is 10.0. The molecule has 22 heavy (non-hydrogen) atoms. The van der Waals surface area contributed by atoms with E-state index in [2.05, 4.69) is 0 Å². The summed E-state index contributed by atoms with van der Waals surface area (Å²) in [6, 6.07) is 3.54. The maximum absolute atomic E-state index is 10.5. The lowest BCUT2D eigenvalue weighted by molar-refractivity contribution is -0.183. The third-order valence-corrected chi connectivity index (χ3v) is 3.67. The van der Waals surface area contributed by atoms with Gasteiger partial charge in [0, 0.05) is 12.0 Å². The quantitative estimate of drug-likeness (QED) is 0.833. The van der Waals surface area contributed by atoms with Crippen molar-refractivity contribution in [2.45, 2.75) is 31.7 Å². The number of benzene rings is 1. The summed E-state index contributed by atoms with van der Waals surface area (Å²) >= 11 is 0. The number of aliphatic hydroxyl groups is 1. The molecule has 2 rings (SSSR count). The summed E-state index contributed by atoms with van der Waals surface area (Å²) < 4.78 is 27.0. The van der Waals surface area contributed by atoms with Crippen molar-refractivity contribution in [2.75, 3.05) is 34.5 Å². The Bertz CT molecular complexity index is 470. The van der Waals surface area contributed by atoms with Gasteiger partial charge in [-0.1, -0.05) is 0 Å². The van der Waals surface area contributed by atoms with Crippen molar-refractivity contribution in [3.05, 3.63) is 17.7 Å². The van der Waals surface area contributed by atoms with Crippen LogP contribution in [0.2, 0.25) is 0 Å². The summed E-state index contributed by atoms with van der Waals surface area (Å²) in [4.78, 5) is 0. The Morgan fingerprint density at radius 1 is 1.09 bits per heavy atom. The molecule has 0 aromatic heterocycles. The highest BCUT2D eigenvalue weighted by Gasteiger charge is 2.22. The topological polar surface area (TPSA) is 66.4 Å². The zero-order valence-corrected chi connectivity index (χ0v) is 13.3. The van der Waals surface area contributed by atoms with Gasteiger partial charge in [0.15, 0.2) is 17.8 Å². The third-order valence-electron chi connectivity index (χ3n) is 3.67. The highest BCUT2D eigenvalue weighted by atomic mass is 16.7. The van der Waals surface area contributed by atoms with Crippen LogP contribution in [0.25, 0.3) is 0 Å². The van der Waals surface area contributed by atoms with Crippen LogP contribution >= 0.6 is 0 Å². The van der Waals surface area contributed by atoms with Crippen LogP contribution in [-0.2, 0) is 9.47 Å². The number of rotatable bonds is 7. The summed E-state index contributed by atoms with van der Waals surface area (Å²) in [6.07, 6.45) is 1.12. The third kappa shape index (κ3) is 3.82. The summed E-state index contributed by atoms with van der Waals surface area (Å²) in [5.41, 5.74) is 0.663. The number of hydrogen-bond donors (Lipinski definition) is 1. The van der Waals surface area contributed by atoms with Gasteiger partial charge in [0.25, 0.3) is 0 Å². The van der Waals surface area contributed by atoms with E-state index in [9.17, 15) is 5.11 Å². The van der Waals surface area contributed by atoms with E-state index in [0.717, 1.165) is 6.42 Å². The molecule has 1 atom stereocenters. The molecule has 1 saturated heterocycles. The van der Waals surface area contributed by atoms with E-state index in [4.69, 9.17) is 23.7 Å². The van der Waals surface area contributed by atoms with Crippen molar-refractivity contribution >= 4 is 0 Å². The summed E-state index contributed by atoms with van der Waals surface area (Å²) in [6.45, 7) is 1.42. The van der Waals surface area contributed by atoms with Gasteiger partial charge in [-0.05, 0) is 25.0 Å². The molecule has 1 N–H and O–H groups in total. The number of methoxy groups -OCH3 is 3. The number of hydrogen-bond acceptors (Lipinski definition) is 6. The predicted molar refractivity (Wildman–Crippen MR) is 80.6 cm³/mol. The lowest BCUT2D eigenvalue weighted by Crippen LogP contribution is -2.25. The Balaban J connectivity index is 2.09. The van der Waals surface area contributed by atoms with Crippen LogP contribution in [0, 0.1) is 0 Å². The van der Waals surface area contributed by atoms with E-state index in [1.165, 1.54) is 0 Å². The van der Waals surface area contributed by atoms with Gasteiger partial charge >= 0.3 is 0 Å². The first kappa shape index (κ1) is 16.9. The molecular formula is C16H24O6. The van der Waals surface area contributed by atoms with Gasteiger partial charge in [-0.2, -0.15) is 0 Å². The molecule has 1 aromatic carbocycles.